The molecule has 1 aliphatic heterocycles. The quantitative estimate of drug-likeness (QED) is 0.130. The van der Waals surface area contributed by atoms with Gasteiger partial charge in [0.2, 0.25) is 0 Å². The van der Waals surface area contributed by atoms with Crippen LogP contribution in [0.4, 0.5) is 21.5 Å². The molecule has 54 heavy (non-hydrogen) atoms. The Morgan fingerprint density at radius 3 is 2.30 bits per heavy atom. The smallest absolute Gasteiger partial charge is 0.661 e. The molecule has 7 aromatic rings. The summed E-state index contributed by atoms with van der Waals surface area (Å²) in [5.41, 5.74) is 10.9. The Kier molecular flexibility index (Phi) is 9.95. The fourth-order valence-electron chi connectivity index (χ4n) is 7.05. The number of thiophene rings is 1. The third-order valence-electron chi connectivity index (χ3n) is 9.63. The molecular weight excluding hydrogens is 880 g/mol. The number of halogens is 1. The van der Waals surface area contributed by atoms with Crippen molar-refractivity contribution in [1.82, 2.24) is 9.97 Å². The molecule has 3 aromatic heterocycles. The molecule has 8 heteroatoms. The Labute approximate surface area is 342 Å². The molecule has 276 valence electrons. The van der Waals surface area contributed by atoms with Crippen molar-refractivity contribution < 1.29 is 28.6 Å². The van der Waals surface area contributed by atoms with Crippen molar-refractivity contribution in [2.24, 2.45) is 0 Å². The monoisotopic (exact) mass is 929 g/mol. The molecule has 0 fully saturated rings. The molecule has 4 nitrogen and oxygen atoms in total. The molecule has 4 heterocycles. The van der Waals surface area contributed by atoms with Gasteiger partial charge in [0.1, 0.15) is 4.83 Å². The number of hydrogen-bond donors (Lipinski definition) is 0. The van der Waals surface area contributed by atoms with Crippen molar-refractivity contribution in [2.45, 2.75) is 79.6 Å². The van der Waals surface area contributed by atoms with Crippen molar-refractivity contribution in [3.8, 4) is 11.3 Å². The third-order valence-corrected chi connectivity index (χ3v) is 12.7. The van der Waals surface area contributed by atoms with E-state index in [4.69, 9.17) is 14.4 Å². The minimum Gasteiger partial charge on any atom is -0.661 e. The van der Waals surface area contributed by atoms with E-state index in [-0.39, 0.29) is 37.5 Å². The van der Waals surface area contributed by atoms with E-state index in [9.17, 15) is 4.39 Å². The zero-order chi connectivity index (χ0) is 40.3. The van der Waals surface area contributed by atoms with Gasteiger partial charge >= 0.3 is 20.1 Å². The van der Waals surface area contributed by atoms with Crippen LogP contribution in [0.3, 0.4) is 0 Å². The Morgan fingerprint density at radius 1 is 0.889 bits per heavy atom. The first-order chi connectivity index (χ1) is 26.3. The number of anilines is 2. The number of rotatable bonds is 4. The number of para-hydroxylation sites is 2. The summed E-state index contributed by atoms with van der Waals surface area (Å²) < 4.78 is 37.4. The zero-order valence-corrected chi connectivity index (χ0v) is 36.4. The topological polar surface area (TPSA) is 43.1 Å². The van der Waals surface area contributed by atoms with Gasteiger partial charge in [-0.05, 0) is 73.3 Å². The predicted octanol–water partition coefficient (Wildman–Crippen LogP) is 12.9. The molecule has 0 saturated heterocycles. The van der Waals surface area contributed by atoms with Gasteiger partial charge in [0, 0.05) is 38.6 Å². The molecule has 0 radical (unpaired) electrons. The maximum absolute atomic E-state index is 13.0. The number of fused-ring (bicyclic) bond motifs is 4. The van der Waals surface area contributed by atoms with E-state index in [1.54, 1.807) is 29.7 Å². The van der Waals surface area contributed by atoms with Crippen LogP contribution in [0.5, 0.6) is 0 Å². The Morgan fingerprint density at radius 2 is 1.63 bits per heavy atom. The van der Waals surface area contributed by atoms with Gasteiger partial charge in [-0.15, -0.1) is 40.9 Å². The van der Waals surface area contributed by atoms with Gasteiger partial charge in [-0.2, -0.15) is 35.1 Å². The molecular formula is C46H46FIrN4SSi. The second-order valence-electron chi connectivity index (χ2n) is 16.0. The molecule has 8 rings (SSSR count). The van der Waals surface area contributed by atoms with Gasteiger partial charge in [0.25, 0.3) is 0 Å². The summed E-state index contributed by atoms with van der Waals surface area (Å²) in [4.78, 5) is 12.8. The zero-order valence-electron chi connectivity index (χ0n) is 35.1. The molecule has 1 aliphatic rings. The van der Waals surface area contributed by atoms with Crippen LogP contribution in [-0.4, -0.2) is 18.0 Å². The summed E-state index contributed by atoms with van der Waals surface area (Å²) in [5, 5.41) is 8.45. The van der Waals surface area contributed by atoms with Crippen LogP contribution in [-0.2, 0) is 25.5 Å². The predicted molar refractivity (Wildman–Crippen MR) is 226 cm³/mol. The van der Waals surface area contributed by atoms with Gasteiger partial charge < -0.3 is 15.2 Å². The number of nitrogens with zero attached hydrogens (tertiary/aromatic N) is 4. The first-order valence-corrected chi connectivity index (χ1v) is 22.2. The largest absolute Gasteiger partial charge is 3.00 e. The van der Waals surface area contributed by atoms with Crippen LogP contribution in [0, 0.1) is 45.6 Å². The maximum Gasteiger partial charge on any atom is 3.00 e. The summed E-state index contributed by atoms with van der Waals surface area (Å²) in [6.45, 7) is 17.3. The molecule has 0 aliphatic carbocycles. The third kappa shape index (κ3) is 7.81. The average molecular weight is 929 g/mol. The molecule has 0 N–H and O–H groups in total. The van der Waals surface area contributed by atoms with Crippen LogP contribution in [0.25, 0.3) is 36.9 Å². The molecule has 4 aromatic carbocycles. The van der Waals surface area contributed by atoms with E-state index in [1.165, 1.54) is 50.0 Å². The van der Waals surface area contributed by atoms with Crippen LogP contribution < -0.4 is 10.1 Å². The van der Waals surface area contributed by atoms with Crippen molar-refractivity contribution in [2.75, 3.05) is 4.90 Å². The van der Waals surface area contributed by atoms with Gasteiger partial charge in [0.05, 0.1) is 8.07 Å². The first kappa shape index (κ1) is 35.5. The second kappa shape index (κ2) is 15.1. The standard InChI is InChI=1S/C31H29N3S.C15H17FNSi.Ir/c1-18-15-19(2)28(20(3)16-18)34-25-10-8-7-9-24(25)32-29(34)21-11-13-26-23(17-21)22-12-14-27(31(4,5)6)33-30(22)35-26;1-11-9-14(12-5-7-13(16)8-6-12)17-10-15(11)18(2,3)4;/h7-10,12-17,29H,1-6H3;5,7-10H,1-4H3;/q-2;-1;+3/i;1D3;. The number of aromatic nitrogens is 2. The normalized spacial score (nSPS) is 15.0. The van der Waals surface area contributed by atoms with E-state index < -0.39 is 14.9 Å². The van der Waals surface area contributed by atoms with E-state index in [0.29, 0.717) is 16.8 Å². The van der Waals surface area contributed by atoms with E-state index >= 15 is 0 Å². The second-order valence-corrected chi connectivity index (χ2v) is 22.0. The van der Waals surface area contributed by atoms with Crippen molar-refractivity contribution in [1.29, 1.82) is 0 Å². The first-order valence-electron chi connectivity index (χ1n) is 19.4. The Hall–Kier alpha value is -4.20. The summed E-state index contributed by atoms with van der Waals surface area (Å²) >= 11 is 1.75. The van der Waals surface area contributed by atoms with Gasteiger partial charge in [-0.3, -0.25) is 4.39 Å². The molecule has 1 unspecified atom stereocenters. The van der Waals surface area contributed by atoms with Crippen LogP contribution >= 0.6 is 11.3 Å². The SMILES string of the molecule is Cc1cc(C)c(N2c3ccccc3[N-]C2c2[c-]cc3sc4nc(C(C)(C)C)ccc4c3c2)c(C)c1.[2H]C([2H])([2H])c1cc(-c2[c-]cc(F)cc2)ncc1[Si](C)(C)C.[Ir+3]. The van der Waals surface area contributed by atoms with Gasteiger partial charge in [-0.25, -0.2) is 4.98 Å². The minimum atomic E-state index is -2.19. The van der Waals surface area contributed by atoms with Gasteiger partial charge in [0.15, 0.2) is 0 Å². The summed E-state index contributed by atoms with van der Waals surface area (Å²) in [6, 6.07) is 33.8. The molecule has 0 saturated carbocycles. The van der Waals surface area contributed by atoms with Crippen LogP contribution in [0.1, 0.15) is 64.6 Å². The van der Waals surface area contributed by atoms with Gasteiger partial charge in [-0.1, -0.05) is 98.7 Å². The fourth-order valence-corrected chi connectivity index (χ4v) is 9.42. The average Bonchev–Trinajstić information content (AvgIpc) is 3.68. The van der Waals surface area contributed by atoms with Crippen LogP contribution in [0.2, 0.25) is 19.6 Å². The van der Waals surface area contributed by atoms with Crippen molar-refractivity contribution >= 4 is 62.0 Å². The molecule has 0 spiro atoms. The van der Waals surface area contributed by atoms with E-state index in [0.717, 1.165) is 32.6 Å². The molecule has 1 atom stereocenters. The molecule has 0 bridgehead atoms. The Bertz CT molecular complexity index is 2570. The Balaban J connectivity index is 0.000000215. The maximum atomic E-state index is 13.0. The molecule has 0 amide bonds. The minimum absolute atomic E-state index is 0. The summed E-state index contributed by atoms with van der Waals surface area (Å²) in [7, 11) is -1.81. The van der Waals surface area contributed by atoms with E-state index in [2.05, 4.69) is 144 Å². The van der Waals surface area contributed by atoms with Crippen molar-refractivity contribution in [3.63, 3.8) is 0 Å². The number of aryl methyl sites for hydroxylation is 4. The van der Waals surface area contributed by atoms with Crippen LogP contribution in [0.15, 0.2) is 91.1 Å². The number of benzene rings is 4. The summed E-state index contributed by atoms with van der Waals surface area (Å²) in [5.74, 6) is -0.381. The van der Waals surface area contributed by atoms with Crippen molar-refractivity contribution in [3.05, 3.63) is 148 Å². The number of hydrogen-bond acceptors (Lipinski definition) is 4. The summed E-state index contributed by atoms with van der Waals surface area (Å²) in [6.07, 6.45) is 1.49. The fraction of sp³-hybridized carbons (Fsp3) is 0.261. The van der Waals surface area contributed by atoms with E-state index in [1.807, 2.05) is 0 Å². The number of pyridine rings is 2.